The summed E-state index contributed by atoms with van der Waals surface area (Å²) in [4.78, 5) is 25.1. The zero-order valence-electron chi connectivity index (χ0n) is 13.5. The fourth-order valence-corrected chi connectivity index (χ4v) is 2.89. The summed E-state index contributed by atoms with van der Waals surface area (Å²) in [7, 11) is 0. The minimum Gasteiger partial charge on any atom is -0.481 e. The number of nitrogens with one attached hydrogen (secondary N) is 1. The number of nitrogens with zero attached hydrogens (tertiary/aromatic N) is 1. The summed E-state index contributed by atoms with van der Waals surface area (Å²) in [6.45, 7) is 2.37. The van der Waals surface area contributed by atoms with E-state index >= 15 is 0 Å². The van der Waals surface area contributed by atoms with E-state index in [0.717, 1.165) is 11.1 Å². The fourth-order valence-electron chi connectivity index (χ4n) is 2.89. The zero-order valence-corrected chi connectivity index (χ0v) is 13.5. The Morgan fingerprint density at radius 2 is 1.67 bits per heavy atom. The van der Waals surface area contributed by atoms with Crippen LogP contribution in [0.1, 0.15) is 13.3 Å². The van der Waals surface area contributed by atoms with Crippen LogP contribution in [0.15, 0.2) is 54.6 Å². The Kier molecular flexibility index (Phi) is 4.25. The second-order valence-corrected chi connectivity index (χ2v) is 6.41. The lowest BCUT2D eigenvalue weighted by molar-refractivity contribution is -0.146. The third-order valence-corrected chi connectivity index (χ3v) is 4.52. The van der Waals surface area contributed by atoms with Gasteiger partial charge in [-0.1, -0.05) is 42.5 Å². The van der Waals surface area contributed by atoms with Crippen LogP contribution in [0.2, 0.25) is 0 Å². The predicted octanol–water partition coefficient (Wildman–Crippen LogP) is 3.68. The number of urea groups is 1. The maximum absolute atomic E-state index is 12.3. The van der Waals surface area contributed by atoms with E-state index in [1.54, 1.807) is 11.8 Å². The van der Waals surface area contributed by atoms with Crippen LogP contribution in [0.3, 0.4) is 0 Å². The number of aliphatic carboxylic acids is 1. The topological polar surface area (TPSA) is 69.6 Å². The third kappa shape index (κ3) is 3.25. The average molecular weight is 324 g/mol. The van der Waals surface area contributed by atoms with Gasteiger partial charge in [-0.3, -0.25) is 4.79 Å². The standard InChI is InChI=1S/C19H20N2O3/c1-19(17(22)23)11-12-21(13-19)18(24)20-16-9-7-15(8-10-16)14-5-3-2-4-6-14/h2-10H,11-13H2,1H3,(H,20,24)(H,22,23). The molecule has 1 heterocycles. The van der Waals surface area contributed by atoms with Gasteiger partial charge in [0.15, 0.2) is 0 Å². The molecule has 2 aromatic rings. The van der Waals surface area contributed by atoms with E-state index in [1.807, 2.05) is 54.6 Å². The van der Waals surface area contributed by atoms with Crippen molar-refractivity contribution in [1.29, 1.82) is 0 Å². The van der Waals surface area contributed by atoms with E-state index < -0.39 is 11.4 Å². The monoisotopic (exact) mass is 324 g/mol. The zero-order chi connectivity index (χ0) is 17.2. The molecule has 2 N–H and O–H groups in total. The van der Waals surface area contributed by atoms with E-state index in [-0.39, 0.29) is 12.6 Å². The second kappa shape index (κ2) is 6.35. The molecule has 1 unspecified atom stereocenters. The van der Waals surface area contributed by atoms with Gasteiger partial charge in [0.05, 0.1) is 5.41 Å². The Bertz CT molecular complexity index is 743. The van der Waals surface area contributed by atoms with E-state index in [1.165, 1.54) is 0 Å². The van der Waals surface area contributed by atoms with Crippen molar-refractivity contribution < 1.29 is 14.7 Å². The molecule has 0 radical (unpaired) electrons. The minimum absolute atomic E-state index is 0.232. The van der Waals surface area contributed by atoms with Crippen molar-refractivity contribution in [1.82, 2.24) is 4.90 Å². The number of carbonyl (C=O) groups is 2. The van der Waals surface area contributed by atoms with Crippen LogP contribution < -0.4 is 5.32 Å². The largest absolute Gasteiger partial charge is 0.481 e. The van der Waals surface area contributed by atoms with Gasteiger partial charge in [-0.15, -0.1) is 0 Å². The number of carboxylic acid groups (broad SMARTS) is 1. The Morgan fingerprint density at radius 3 is 2.25 bits per heavy atom. The molecule has 0 spiro atoms. The number of carboxylic acids is 1. The second-order valence-electron chi connectivity index (χ2n) is 6.41. The molecule has 1 aliphatic heterocycles. The number of hydrogen-bond acceptors (Lipinski definition) is 2. The maximum atomic E-state index is 12.3. The van der Waals surface area contributed by atoms with E-state index in [0.29, 0.717) is 18.7 Å². The van der Waals surface area contributed by atoms with Crippen molar-refractivity contribution in [2.75, 3.05) is 18.4 Å². The molecule has 5 heteroatoms. The molecule has 1 atom stereocenters. The van der Waals surface area contributed by atoms with Gasteiger partial charge in [-0.05, 0) is 36.6 Å². The highest BCUT2D eigenvalue weighted by Crippen LogP contribution is 2.30. The molecule has 1 aliphatic rings. The van der Waals surface area contributed by atoms with Gasteiger partial charge >= 0.3 is 12.0 Å². The molecule has 124 valence electrons. The Morgan fingerprint density at radius 1 is 1.04 bits per heavy atom. The molecule has 1 saturated heterocycles. The molecular weight excluding hydrogens is 304 g/mol. The van der Waals surface area contributed by atoms with Crippen LogP contribution in [0, 0.1) is 5.41 Å². The SMILES string of the molecule is CC1(C(=O)O)CCN(C(=O)Nc2ccc(-c3ccccc3)cc2)C1. The van der Waals surface area contributed by atoms with Gasteiger partial charge in [0.25, 0.3) is 0 Å². The van der Waals surface area contributed by atoms with Crippen LogP contribution in [-0.2, 0) is 4.79 Å². The molecule has 3 rings (SSSR count). The lowest BCUT2D eigenvalue weighted by Crippen LogP contribution is -2.37. The number of anilines is 1. The first-order valence-corrected chi connectivity index (χ1v) is 7.93. The molecule has 24 heavy (non-hydrogen) atoms. The first-order chi connectivity index (χ1) is 11.5. The number of rotatable bonds is 3. The first-order valence-electron chi connectivity index (χ1n) is 7.93. The third-order valence-electron chi connectivity index (χ3n) is 4.52. The van der Waals surface area contributed by atoms with Crippen molar-refractivity contribution in [2.24, 2.45) is 5.41 Å². The summed E-state index contributed by atoms with van der Waals surface area (Å²) < 4.78 is 0. The van der Waals surface area contributed by atoms with Crippen LogP contribution >= 0.6 is 0 Å². The molecule has 0 aromatic heterocycles. The van der Waals surface area contributed by atoms with Crippen LogP contribution in [0.5, 0.6) is 0 Å². The Labute approximate surface area is 140 Å². The molecule has 0 bridgehead atoms. The number of carbonyl (C=O) groups excluding carboxylic acids is 1. The van der Waals surface area contributed by atoms with Gasteiger partial charge in [-0.25, -0.2) is 4.79 Å². The van der Waals surface area contributed by atoms with Crippen molar-refractivity contribution in [3.63, 3.8) is 0 Å². The number of amides is 2. The Balaban J connectivity index is 1.64. The lowest BCUT2D eigenvalue weighted by atomic mass is 9.90. The molecular formula is C19H20N2O3. The van der Waals surface area contributed by atoms with Crippen molar-refractivity contribution in [3.8, 4) is 11.1 Å². The predicted molar refractivity (Wildman–Crippen MR) is 92.8 cm³/mol. The molecule has 0 saturated carbocycles. The highest BCUT2D eigenvalue weighted by molar-refractivity contribution is 5.90. The maximum Gasteiger partial charge on any atom is 0.321 e. The van der Waals surface area contributed by atoms with Crippen LogP contribution in [-0.4, -0.2) is 35.1 Å². The summed E-state index contributed by atoms with van der Waals surface area (Å²) in [6.07, 6.45) is 0.475. The first kappa shape index (κ1) is 16.1. The highest BCUT2D eigenvalue weighted by atomic mass is 16.4. The van der Waals surface area contributed by atoms with E-state index in [4.69, 9.17) is 0 Å². The normalized spacial score (nSPS) is 20.0. The summed E-state index contributed by atoms with van der Waals surface area (Å²) >= 11 is 0. The Hall–Kier alpha value is -2.82. The number of benzene rings is 2. The molecule has 2 amide bonds. The molecule has 0 aliphatic carbocycles. The van der Waals surface area contributed by atoms with Gasteiger partial charge < -0.3 is 15.3 Å². The number of hydrogen-bond donors (Lipinski definition) is 2. The summed E-state index contributed by atoms with van der Waals surface area (Å²) in [5.74, 6) is -0.856. The average Bonchev–Trinajstić information content (AvgIpc) is 3.00. The smallest absolute Gasteiger partial charge is 0.321 e. The van der Waals surface area contributed by atoms with Gasteiger partial charge in [0, 0.05) is 18.8 Å². The van der Waals surface area contributed by atoms with Gasteiger partial charge in [0.2, 0.25) is 0 Å². The molecule has 2 aromatic carbocycles. The summed E-state index contributed by atoms with van der Waals surface area (Å²) in [5, 5.41) is 12.1. The number of likely N-dealkylation sites (tertiary alicyclic amines) is 1. The van der Waals surface area contributed by atoms with Crippen LogP contribution in [0.25, 0.3) is 11.1 Å². The van der Waals surface area contributed by atoms with Crippen molar-refractivity contribution >= 4 is 17.7 Å². The quantitative estimate of drug-likeness (QED) is 0.905. The highest BCUT2D eigenvalue weighted by Gasteiger charge is 2.42. The summed E-state index contributed by atoms with van der Waals surface area (Å²) in [5.41, 5.74) is 2.04. The minimum atomic E-state index is -0.856. The van der Waals surface area contributed by atoms with Crippen molar-refractivity contribution in [3.05, 3.63) is 54.6 Å². The van der Waals surface area contributed by atoms with Crippen LogP contribution in [0.4, 0.5) is 10.5 Å². The lowest BCUT2D eigenvalue weighted by Gasteiger charge is -2.20. The van der Waals surface area contributed by atoms with E-state index in [2.05, 4.69) is 5.32 Å². The van der Waals surface area contributed by atoms with Crippen molar-refractivity contribution in [2.45, 2.75) is 13.3 Å². The molecule has 5 nitrogen and oxygen atoms in total. The summed E-state index contributed by atoms with van der Waals surface area (Å²) in [6, 6.07) is 17.4. The van der Waals surface area contributed by atoms with Gasteiger partial charge in [0.1, 0.15) is 0 Å². The molecule has 1 fully saturated rings. The van der Waals surface area contributed by atoms with E-state index in [9.17, 15) is 14.7 Å². The van der Waals surface area contributed by atoms with Gasteiger partial charge in [-0.2, -0.15) is 0 Å². The fraction of sp³-hybridized carbons (Fsp3) is 0.263.